The topological polar surface area (TPSA) is 71.0 Å². The summed E-state index contributed by atoms with van der Waals surface area (Å²) >= 11 is 0. The van der Waals surface area contributed by atoms with E-state index in [9.17, 15) is 8.42 Å². The van der Waals surface area contributed by atoms with Crippen molar-refractivity contribution in [3.05, 3.63) is 35.9 Å². The Hall–Kier alpha value is -0.870. The van der Waals surface area contributed by atoms with Crippen LogP contribution in [-0.2, 0) is 21.2 Å². The van der Waals surface area contributed by atoms with Crippen molar-refractivity contribution >= 4 is 39.8 Å². The number of aliphatic imine (C=N–C) groups is 1. The minimum Gasteiger partial charge on any atom is -0.376 e. The zero-order valence-electron chi connectivity index (χ0n) is 15.6. The van der Waals surface area contributed by atoms with Crippen molar-refractivity contribution < 1.29 is 13.2 Å². The number of halogens is 1. The van der Waals surface area contributed by atoms with Gasteiger partial charge < -0.3 is 15.0 Å². The quantitative estimate of drug-likeness (QED) is 0.340. The number of hydrogen-bond donors (Lipinski definition) is 1. The molecular formula is C18H30IN3O3S. The third-order valence-electron chi connectivity index (χ3n) is 4.11. The molecule has 0 amide bonds. The molecule has 0 aliphatic carbocycles. The Morgan fingerprint density at radius 3 is 2.73 bits per heavy atom. The molecule has 1 unspecified atom stereocenters. The van der Waals surface area contributed by atoms with Gasteiger partial charge in [-0.25, -0.2) is 8.42 Å². The van der Waals surface area contributed by atoms with Crippen LogP contribution in [0, 0.1) is 5.92 Å². The van der Waals surface area contributed by atoms with E-state index >= 15 is 0 Å². The molecule has 0 bridgehead atoms. The largest absolute Gasteiger partial charge is 0.376 e. The summed E-state index contributed by atoms with van der Waals surface area (Å²) < 4.78 is 28.4. The SMILES string of the molecule is CCNC(=NCCS(C)(=O)=O)N1CCC(COCc2ccccc2)C1.I. The molecule has 0 radical (unpaired) electrons. The maximum atomic E-state index is 11.3. The Morgan fingerprint density at radius 1 is 1.35 bits per heavy atom. The predicted octanol–water partition coefficient (Wildman–Crippen LogP) is 2.15. The molecule has 0 saturated carbocycles. The van der Waals surface area contributed by atoms with Crippen LogP contribution in [0.4, 0.5) is 0 Å². The van der Waals surface area contributed by atoms with Crippen LogP contribution in [0.5, 0.6) is 0 Å². The number of ether oxygens (including phenoxy) is 1. The van der Waals surface area contributed by atoms with Crippen LogP contribution in [0.15, 0.2) is 35.3 Å². The minimum atomic E-state index is -2.98. The van der Waals surface area contributed by atoms with Crippen LogP contribution in [0.3, 0.4) is 0 Å². The van der Waals surface area contributed by atoms with E-state index in [0.717, 1.165) is 38.6 Å². The fourth-order valence-electron chi connectivity index (χ4n) is 2.82. The molecule has 1 aromatic carbocycles. The van der Waals surface area contributed by atoms with Crippen molar-refractivity contribution in [1.29, 1.82) is 0 Å². The molecule has 1 aliphatic heterocycles. The van der Waals surface area contributed by atoms with Crippen LogP contribution >= 0.6 is 24.0 Å². The molecule has 2 rings (SSSR count). The van der Waals surface area contributed by atoms with E-state index < -0.39 is 9.84 Å². The molecule has 0 spiro atoms. The van der Waals surface area contributed by atoms with E-state index in [4.69, 9.17) is 4.74 Å². The smallest absolute Gasteiger partial charge is 0.193 e. The van der Waals surface area contributed by atoms with Crippen LogP contribution in [0.25, 0.3) is 0 Å². The lowest BCUT2D eigenvalue weighted by Gasteiger charge is -2.21. The van der Waals surface area contributed by atoms with Crippen molar-refractivity contribution in [2.24, 2.45) is 10.9 Å². The molecule has 8 heteroatoms. The highest BCUT2D eigenvalue weighted by molar-refractivity contribution is 14.0. The number of hydrogen-bond acceptors (Lipinski definition) is 4. The Balaban J connectivity index is 0.00000338. The molecule has 1 saturated heterocycles. The summed E-state index contributed by atoms with van der Waals surface area (Å²) in [5.41, 5.74) is 1.19. The summed E-state index contributed by atoms with van der Waals surface area (Å²) in [6, 6.07) is 10.2. The third kappa shape index (κ3) is 8.68. The van der Waals surface area contributed by atoms with Crippen LogP contribution < -0.4 is 5.32 Å². The summed E-state index contributed by atoms with van der Waals surface area (Å²) in [5.74, 6) is 1.36. The van der Waals surface area contributed by atoms with E-state index in [0.29, 0.717) is 19.1 Å². The molecule has 0 aromatic heterocycles. The molecule has 26 heavy (non-hydrogen) atoms. The maximum absolute atomic E-state index is 11.3. The first kappa shape index (κ1) is 23.2. The Labute approximate surface area is 174 Å². The summed E-state index contributed by atoms with van der Waals surface area (Å²) in [4.78, 5) is 6.65. The first-order valence-electron chi connectivity index (χ1n) is 8.80. The predicted molar refractivity (Wildman–Crippen MR) is 117 cm³/mol. The zero-order chi connectivity index (χ0) is 18.1. The van der Waals surface area contributed by atoms with Gasteiger partial charge in [-0.2, -0.15) is 0 Å². The lowest BCUT2D eigenvalue weighted by atomic mass is 10.1. The van der Waals surface area contributed by atoms with Gasteiger partial charge in [-0.1, -0.05) is 30.3 Å². The fraction of sp³-hybridized carbons (Fsp3) is 0.611. The number of sulfone groups is 1. The standard InChI is InChI=1S/C18H29N3O3S.HI/c1-3-19-18(20-10-12-25(2,22)23)21-11-9-17(13-21)15-24-14-16-7-5-4-6-8-16;/h4-8,17H,3,9-15H2,1-2H3,(H,19,20);1H. The monoisotopic (exact) mass is 495 g/mol. The van der Waals surface area contributed by atoms with E-state index in [1.54, 1.807) is 0 Å². The highest BCUT2D eigenvalue weighted by atomic mass is 127. The second-order valence-electron chi connectivity index (χ2n) is 6.47. The summed E-state index contributed by atoms with van der Waals surface area (Å²) in [5, 5.41) is 3.25. The maximum Gasteiger partial charge on any atom is 0.193 e. The first-order valence-corrected chi connectivity index (χ1v) is 10.9. The van der Waals surface area contributed by atoms with Crippen molar-refractivity contribution in [2.75, 3.05) is 44.8 Å². The molecule has 1 fully saturated rings. The lowest BCUT2D eigenvalue weighted by molar-refractivity contribution is 0.0907. The summed E-state index contributed by atoms with van der Waals surface area (Å²) in [7, 11) is -2.98. The molecule has 148 valence electrons. The van der Waals surface area contributed by atoms with Gasteiger partial charge in [0.05, 0.1) is 25.5 Å². The van der Waals surface area contributed by atoms with Gasteiger partial charge in [-0.3, -0.25) is 4.99 Å². The second kappa shape index (κ2) is 11.8. The normalized spacial score (nSPS) is 17.8. The van der Waals surface area contributed by atoms with Crippen LogP contribution in [-0.4, -0.2) is 64.1 Å². The van der Waals surface area contributed by atoms with Crippen LogP contribution in [0.1, 0.15) is 18.9 Å². The lowest BCUT2D eigenvalue weighted by Crippen LogP contribution is -2.40. The number of benzene rings is 1. The van der Waals surface area contributed by atoms with E-state index in [-0.39, 0.29) is 29.7 Å². The molecule has 1 aliphatic rings. The molecule has 1 atom stereocenters. The molecule has 1 N–H and O–H groups in total. The molecule has 1 heterocycles. The number of likely N-dealkylation sites (tertiary alicyclic amines) is 1. The Morgan fingerprint density at radius 2 is 2.08 bits per heavy atom. The fourth-order valence-corrected chi connectivity index (χ4v) is 3.24. The number of nitrogens with one attached hydrogen (secondary N) is 1. The van der Waals surface area contributed by atoms with Gasteiger partial charge in [-0.05, 0) is 18.9 Å². The van der Waals surface area contributed by atoms with Gasteiger partial charge in [0.1, 0.15) is 9.84 Å². The van der Waals surface area contributed by atoms with Crippen molar-refractivity contribution in [3.63, 3.8) is 0 Å². The van der Waals surface area contributed by atoms with Crippen molar-refractivity contribution in [3.8, 4) is 0 Å². The number of rotatable bonds is 8. The van der Waals surface area contributed by atoms with Gasteiger partial charge in [0, 0.05) is 31.8 Å². The highest BCUT2D eigenvalue weighted by Crippen LogP contribution is 2.17. The molecular weight excluding hydrogens is 465 g/mol. The summed E-state index contributed by atoms with van der Waals surface area (Å²) in [6.45, 7) is 6.26. The molecule has 1 aromatic rings. The van der Waals surface area contributed by atoms with Crippen LogP contribution in [0.2, 0.25) is 0 Å². The van der Waals surface area contributed by atoms with Crippen molar-refractivity contribution in [1.82, 2.24) is 10.2 Å². The zero-order valence-corrected chi connectivity index (χ0v) is 18.7. The highest BCUT2D eigenvalue weighted by Gasteiger charge is 2.25. The second-order valence-corrected chi connectivity index (χ2v) is 8.73. The van der Waals surface area contributed by atoms with Gasteiger partial charge in [0.2, 0.25) is 0 Å². The Kier molecular flexibility index (Phi) is 10.5. The number of nitrogens with zero attached hydrogens (tertiary/aromatic N) is 2. The van der Waals surface area contributed by atoms with Gasteiger partial charge in [-0.15, -0.1) is 24.0 Å². The Bertz CT molecular complexity index is 653. The van der Waals surface area contributed by atoms with E-state index in [1.165, 1.54) is 11.8 Å². The van der Waals surface area contributed by atoms with Gasteiger partial charge in [0.25, 0.3) is 0 Å². The van der Waals surface area contributed by atoms with Gasteiger partial charge >= 0.3 is 0 Å². The van der Waals surface area contributed by atoms with Crippen molar-refractivity contribution in [2.45, 2.75) is 20.0 Å². The molecule has 6 nitrogen and oxygen atoms in total. The average molecular weight is 495 g/mol. The van der Waals surface area contributed by atoms with Gasteiger partial charge in [0.15, 0.2) is 5.96 Å². The number of guanidine groups is 1. The first-order chi connectivity index (χ1) is 12.0. The average Bonchev–Trinajstić information content (AvgIpc) is 3.03. The third-order valence-corrected chi connectivity index (χ3v) is 5.03. The summed E-state index contributed by atoms with van der Waals surface area (Å²) in [6.07, 6.45) is 2.30. The van der Waals surface area contributed by atoms with E-state index in [2.05, 4.69) is 27.3 Å². The minimum absolute atomic E-state index is 0. The van der Waals surface area contributed by atoms with E-state index in [1.807, 2.05) is 25.1 Å².